The van der Waals surface area contributed by atoms with E-state index < -0.39 is 0 Å². The zero-order valence-electron chi connectivity index (χ0n) is 12.6. The van der Waals surface area contributed by atoms with Crippen molar-refractivity contribution in [2.24, 2.45) is 0 Å². The van der Waals surface area contributed by atoms with Crippen molar-refractivity contribution in [1.29, 1.82) is 0 Å². The highest BCUT2D eigenvalue weighted by atomic mass is 16.5. The largest absolute Gasteiger partial charge is 0.493 e. The van der Waals surface area contributed by atoms with Gasteiger partial charge in [0, 0.05) is 6.54 Å². The number of rotatable bonds is 6. The van der Waals surface area contributed by atoms with E-state index >= 15 is 0 Å². The number of benzene rings is 2. The van der Waals surface area contributed by atoms with E-state index in [1.165, 1.54) is 0 Å². The summed E-state index contributed by atoms with van der Waals surface area (Å²) in [5, 5.41) is 12.3. The number of hydrogen-bond donors (Lipinski definition) is 2. The number of aliphatic hydroxyl groups excluding tert-OH is 1. The van der Waals surface area contributed by atoms with Gasteiger partial charge in [0.15, 0.2) is 11.5 Å². The lowest BCUT2D eigenvalue weighted by Gasteiger charge is -2.14. The Morgan fingerprint density at radius 3 is 2.38 bits per heavy atom. The van der Waals surface area contributed by atoms with Gasteiger partial charge in [-0.1, -0.05) is 18.2 Å². The fourth-order valence-corrected chi connectivity index (χ4v) is 2.08. The highest BCUT2D eigenvalue weighted by molar-refractivity contribution is 5.47. The lowest BCUT2D eigenvalue weighted by atomic mass is 10.1. The second-order valence-electron chi connectivity index (χ2n) is 4.88. The molecule has 2 aromatic rings. The molecule has 21 heavy (non-hydrogen) atoms. The van der Waals surface area contributed by atoms with E-state index in [0.717, 1.165) is 29.0 Å². The fourth-order valence-electron chi connectivity index (χ4n) is 2.08. The average molecular weight is 287 g/mol. The second kappa shape index (κ2) is 7.11. The van der Waals surface area contributed by atoms with Gasteiger partial charge in [0.1, 0.15) is 5.75 Å². The van der Waals surface area contributed by atoms with Crippen molar-refractivity contribution in [1.82, 2.24) is 5.32 Å². The van der Waals surface area contributed by atoms with Gasteiger partial charge in [-0.15, -0.1) is 0 Å². The van der Waals surface area contributed by atoms with Gasteiger partial charge in [-0.05, 0) is 48.9 Å². The summed E-state index contributed by atoms with van der Waals surface area (Å²) < 4.78 is 11.3. The van der Waals surface area contributed by atoms with Gasteiger partial charge in [-0.25, -0.2) is 0 Å². The van der Waals surface area contributed by atoms with Crippen molar-refractivity contribution in [3.05, 3.63) is 53.1 Å². The maximum Gasteiger partial charge on any atom is 0.169 e. The SMILES string of the molecule is CNCc1ccc(C)c(Oc2ccc(CO)cc2OC)c1. The van der Waals surface area contributed by atoms with E-state index in [1.807, 2.05) is 38.2 Å². The molecule has 0 radical (unpaired) electrons. The van der Waals surface area contributed by atoms with Crippen molar-refractivity contribution in [2.45, 2.75) is 20.1 Å². The molecular weight excluding hydrogens is 266 g/mol. The first-order chi connectivity index (χ1) is 10.2. The molecule has 0 amide bonds. The third-order valence-electron chi connectivity index (χ3n) is 3.26. The van der Waals surface area contributed by atoms with Crippen LogP contribution in [0.2, 0.25) is 0 Å². The van der Waals surface area contributed by atoms with E-state index in [9.17, 15) is 5.11 Å². The number of hydrogen-bond acceptors (Lipinski definition) is 4. The molecule has 0 spiro atoms. The average Bonchev–Trinajstić information content (AvgIpc) is 2.51. The molecule has 0 heterocycles. The first-order valence-electron chi connectivity index (χ1n) is 6.87. The Hall–Kier alpha value is -2.04. The van der Waals surface area contributed by atoms with Crippen molar-refractivity contribution in [2.75, 3.05) is 14.2 Å². The fraction of sp³-hybridized carbons (Fsp3) is 0.294. The summed E-state index contributed by atoms with van der Waals surface area (Å²) >= 11 is 0. The minimum Gasteiger partial charge on any atom is -0.493 e. The van der Waals surface area contributed by atoms with Crippen LogP contribution in [0.4, 0.5) is 0 Å². The molecule has 0 aliphatic rings. The van der Waals surface area contributed by atoms with Crippen LogP contribution in [0.5, 0.6) is 17.2 Å². The number of aliphatic hydroxyl groups is 1. The summed E-state index contributed by atoms with van der Waals surface area (Å²) in [4.78, 5) is 0. The lowest BCUT2D eigenvalue weighted by molar-refractivity contribution is 0.280. The Morgan fingerprint density at radius 2 is 1.71 bits per heavy atom. The normalized spacial score (nSPS) is 10.5. The van der Waals surface area contributed by atoms with Crippen LogP contribution in [0, 0.1) is 6.92 Å². The summed E-state index contributed by atoms with van der Waals surface area (Å²) in [7, 11) is 3.50. The number of aryl methyl sites for hydroxylation is 1. The van der Waals surface area contributed by atoms with Crippen LogP contribution < -0.4 is 14.8 Å². The highest BCUT2D eigenvalue weighted by Crippen LogP contribution is 2.34. The predicted octanol–water partition coefficient (Wildman–Crippen LogP) is 3.01. The summed E-state index contributed by atoms with van der Waals surface area (Å²) in [5.74, 6) is 2.05. The molecular formula is C17H21NO3. The Labute approximate surface area is 125 Å². The van der Waals surface area contributed by atoms with Crippen LogP contribution in [-0.4, -0.2) is 19.3 Å². The molecule has 0 atom stereocenters. The quantitative estimate of drug-likeness (QED) is 0.857. The van der Waals surface area contributed by atoms with Gasteiger partial charge in [0.05, 0.1) is 13.7 Å². The molecule has 112 valence electrons. The number of nitrogens with one attached hydrogen (secondary N) is 1. The number of methoxy groups -OCH3 is 1. The molecule has 0 aromatic heterocycles. The van der Waals surface area contributed by atoms with Gasteiger partial charge in [0.2, 0.25) is 0 Å². The third kappa shape index (κ3) is 3.74. The van der Waals surface area contributed by atoms with Gasteiger partial charge >= 0.3 is 0 Å². The second-order valence-corrected chi connectivity index (χ2v) is 4.88. The standard InChI is InChI=1S/C17H21NO3/c1-12-4-5-13(10-18-2)8-16(12)21-15-7-6-14(11-19)9-17(15)20-3/h4-9,18-19H,10-11H2,1-3H3. The van der Waals surface area contributed by atoms with Crippen molar-refractivity contribution in [3.63, 3.8) is 0 Å². The predicted molar refractivity (Wildman–Crippen MR) is 82.9 cm³/mol. The molecule has 0 fully saturated rings. The first-order valence-corrected chi connectivity index (χ1v) is 6.87. The molecule has 0 aliphatic heterocycles. The maximum absolute atomic E-state index is 9.17. The first kappa shape index (κ1) is 15.4. The van der Waals surface area contributed by atoms with Crippen molar-refractivity contribution >= 4 is 0 Å². The van der Waals surface area contributed by atoms with Crippen LogP contribution in [0.1, 0.15) is 16.7 Å². The summed E-state index contributed by atoms with van der Waals surface area (Å²) in [5.41, 5.74) is 3.01. The molecule has 4 nitrogen and oxygen atoms in total. The number of ether oxygens (including phenoxy) is 2. The molecule has 0 saturated heterocycles. The molecule has 0 bridgehead atoms. The minimum atomic E-state index is -0.0205. The van der Waals surface area contributed by atoms with Crippen LogP contribution in [0.25, 0.3) is 0 Å². The Kier molecular flexibility index (Phi) is 5.20. The Morgan fingerprint density at radius 1 is 1.00 bits per heavy atom. The molecule has 2 aromatic carbocycles. The molecule has 2 rings (SSSR count). The van der Waals surface area contributed by atoms with Gasteiger partial charge in [0.25, 0.3) is 0 Å². The van der Waals surface area contributed by atoms with Crippen LogP contribution in [0.3, 0.4) is 0 Å². The molecule has 2 N–H and O–H groups in total. The van der Waals surface area contributed by atoms with E-state index in [1.54, 1.807) is 13.2 Å². The maximum atomic E-state index is 9.17. The van der Waals surface area contributed by atoms with Crippen LogP contribution in [-0.2, 0) is 13.2 Å². The molecule has 0 unspecified atom stereocenters. The van der Waals surface area contributed by atoms with Gasteiger partial charge in [-0.2, -0.15) is 0 Å². The minimum absolute atomic E-state index is 0.0205. The van der Waals surface area contributed by atoms with E-state index in [0.29, 0.717) is 11.5 Å². The zero-order valence-corrected chi connectivity index (χ0v) is 12.6. The van der Waals surface area contributed by atoms with Crippen molar-refractivity contribution in [3.8, 4) is 17.2 Å². The monoisotopic (exact) mass is 287 g/mol. The Bertz CT molecular complexity index is 611. The smallest absolute Gasteiger partial charge is 0.169 e. The van der Waals surface area contributed by atoms with E-state index in [-0.39, 0.29) is 6.61 Å². The van der Waals surface area contributed by atoms with Crippen LogP contribution in [0.15, 0.2) is 36.4 Å². The van der Waals surface area contributed by atoms with E-state index in [4.69, 9.17) is 9.47 Å². The lowest BCUT2D eigenvalue weighted by Crippen LogP contribution is -2.05. The molecule has 0 saturated carbocycles. The van der Waals surface area contributed by atoms with Crippen LogP contribution >= 0.6 is 0 Å². The summed E-state index contributed by atoms with van der Waals surface area (Å²) in [6.45, 7) is 2.78. The zero-order chi connectivity index (χ0) is 15.2. The van der Waals surface area contributed by atoms with Gasteiger partial charge in [-0.3, -0.25) is 0 Å². The third-order valence-corrected chi connectivity index (χ3v) is 3.26. The summed E-state index contributed by atoms with van der Waals surface area (Å²) in [6, 6.07) is 11.5. The van der Waals surface area contributed by atoms with Crippen molar-refractivity contribution < 1.29 is 14.6 Å². The molecule has 0 aliphatic carbocycles. The van der Waals surface area contributed by atoms with E-state index in [2.05, 4.69) is 11.4 Å². The highest BCUT2D eigenvalue weighted by Gasteiger charge is 2.09. The molecule has 4 heteroatoms. The Balaban J connectivity index is 2.31. The van der Waals surface area contributed by atoms with Gasteiger partial charge < -0.3 is 19.9 Å². The summed E-state index contributed by atoms with van der Waals surface area (Å²) in [6.07, 6.45) is 0. The topological polar surface area (TPSA) is 50.7 Å².